The van der Waals surface area contributed by atoms with Crippen molar-refractivity contribution in [3.8, 4) is 11.5 Å². The van der Waals surface area contributed by atoms with Gasteiger partial charge in [-0.15, -0.1) is 0 Å². The zero-order chi connectivity index (χ0) is 18.8. The first-order valence-corrected chi connectivity index (χ1v) is 8.83. The molecule has 0 unspecified atom stereocenters. The number of nitrogens with one attached hydrogen (secondary N) is 1. The van der Waals surface area contributed by atoms with Gasteiger partial charge in [-0.1, -0.05) is 36.4 Å². The summed E-state index contributed by atoms with van der Waals surface area (Å²) in [4.78, 5) is 26.2. The van der Waals surface area contributed by atoms with Gasteiger partial charge in [0.15, 0.2) is 11.5 Å². The molecule has 0 aliphatic carbocycles. The second-order valence-electron chi connectivity index (χ2n) is 6.52. The molecule has 0 bridgehead atoms. The summed E-state index contributed by atoms with van der Waals surface area (Å²) < 4.78 is 10.8. The molecule has 0 spiro atoms. The number of ether oxygens (including phenoxy) is 2. The lowest BCUT2D eigenvalue weighted by atomic mass is 9.93. The van der Waals surface area contributed by atoms with E-state index in [-0.39, 0.29) is 31.1 Å². The van der Waals surface area contributed by atoms with E-state index in [1.807, 2.05) is 48.5 Å². The Balaban J connectivity index is 1.47. The van der Waals surface area contributed by atoms with Crippen LogP contribution in [0.5, 0.6) is 11.5 Å². The number of hydrogen-bond donors (Lipinski definition) is 1. The van der Waals surface area contributed by atoms with Crippen LogP contribution in [0.4, 0.5) is 0 Å². The SMILES string of the molecule is CC(=O)N1C=Cc2ccccc2[C@H]1CC(=O)NCc1cccc2c1OCO2. The summed E-state index contributed by atoms with van der Waals surface area (Å²) in [5, 5.41) is 2.93. The number of rotatable bonds is 4. The van der Waals surface area contributed by atoms with E-state index in [1.54, 1.807) is 11.1 Å². The van der Waals surface area contributed by atoms with Gasteiger partial charge < -0.3 is 19.7 Å². The fourth-order valence-corrected chi connectivity index (χ4v) is 3.48. The summed E-state index contributed by atoms with van der Waals surface area (Å²) in [5.74, 6) is 1.14. The van der Waals surface area contributed by atoms with E-state index < -0.39 is 0 Å². The molecule has 0 saturated carbocycles. The first kappa shape index (κ1) is 17.1. The molecule has 2 aromatic rings. The highest BCUT2D eigenvalue weighted by Gasteiger charge is 2.28. The molecule has 0 radical (unpaired) electrons. The van der Waals surface area contributed by atoms with Gasteiger partial charge in [0.25, 0.3) is 0 Å². The van der Waals surface area contributed by atoms with Gasteiger partial charge in [-0.05, 0) is 23.3 Å². The van der Waals surface area contributed by atoms with Crippen molar-refractivity contribution in [2.75, 3.05) is 6.79 Å². The Bertz CT molecular complexity index is 922. The van der Waals surface area contributed by atoms with Crippen molar-refractivity contribution in [3.63, 3.8) is 0 Å². The third-order valence-corrected chi connectivity index (χ3v) is 4.80. The average Bonchev–Trinajstić information content (AvgIpc) is 3.15. The number of nitrogens with zero attached hydrogens (tertiary/aromatic N) is 1. The molecule has 2 aromatic carbocycles. The fourth-order valence-electron chi connectivity index (χ4n) is 3.48. The molecule has 1 atom stereocenters. The molecule has 6 nitrogen and oxygen atoms in total. The van der Waals surface area contributed by atoms with Crippen molar-refractivity contribution in [2.45, 2.75) is 25.9 Å². The highest BCUT2D eigenvalue weighted by Crippen LogP contribution is 2.35. The van der Waals surface area contributed by atoms with Crippen molar-refractivity contribution in [2.24, 2.45) is 0 Å². The highest BCUT2D eigenvalue weighted by atomic mass is 16.7. The van der Waals surface area contributed by atoms with E-state index in [9.17, 15) is 9.59 Å². The van der Waals surface area contributed by atoms with Crippen molar-refractivity contribution in [1.82, 2.24) is 10.2 Å². The summed E-state index contributed by atoms with van der Waals surface area (Å²) >= 11 is 0. The Kier molecular flexibility index (Phi) is 4.54. The molecule has 4 rings (SSSR count). The maximum absolute atomic E-state index is 12.6. The van der Waals surface area contributed by atoms with Crippen LogP contribution in [-0.4, -0.2) is 23.5 Å². The molecular weight excluding hydrogens is 344 g/mol. The largest absolute Gasteiger partial charge is 0.454 e. The number of hydrogen-bond acceptors (Lipinski definition) is 4. The minimum Gasteiger partial charge on any atom is -0.454 e. The van der Waals surface area contributed by atoms with E-state index in [1.165, 1.54) is 6.92 Å². The lowest BCUT2D eigenvalue weighted by Crippen LogP contribution is -2.35. The Morgan fingerprint density at radius 2 is 2.00 bits per heavy atom. The van der Waals surface area contributed by atoms with Crippen LogP contribution in [0, 0.1) is 0 Å². The van der Waals surface area contributed by atoms with Crippen LogP contribution in [-0.2, 0) is 16.1 Å². The quantitative estimate of drug-likeness (QED) is 0.906. The molecular formula is C21H20N2O4. The monoisotopic (exact) mass is 364 g/mol. The molecule has 6 heteroatoms. The number of amides is 2. The molecule has 1 N–H and O–H groups in total. The third-order valence-electron chi connectivity index (χ3n) is 4.80. The molecule has 0 aromatic heterocycles. The van der Waals surface area contributed by atoms with Crippen LogP contribution in [0.15, 0.2) is 48.7 Å². The minimum atomic E-state index is -0.315. The van der Waals surface area contributed by atoms with E-state index >= 15 is 0 Å². The van der Waals surface area contributed by atoms with E-state index in [2.05, 4.69) is 5.32 Å². The van der Waals surface area contributed by atoms with E-state index in [0.717, 1.165) is 16.7 Å². The molecule has 2 aliphatic heterocycles. The standard InChI is InChI=1S/C21H20N2O4/c1-14(24)23-10-9-15-5-2-3-7-17(15)18(23)11-20(25)22-12-16-6-4-8-19-21(16)27-13-26-19/h2-10,18H,11-13H2,1H3,(H,22,25)/t18-/m1/s1. The number of para-hydroxylation sites is 1. The minimum absolute atomic E-state index is 0.0926. The van der Waals surface area contributed by atoms with Gasteiger partial charge >= 0.3 is 0 Å². The van der Waals surface area contributed by atoms with Gasteiger partial charge in [-0.2, -0.15) is 0 Å². The van der Waals surface area contributed by atoms with Gasteiger partial charge in [0.2, 0.25) is 18.6 Å². The van der Waals surface area contributed by atoms with Gasteiger partial charge in [-0.3, -0.25) is 9.59 Å². The van der Waals surface area contributed by atoms with Crippen LogP contribution in [0.3, 0.4) is 0 Å². The molecule has 0 fully saturated rings. The predicted molar refractivity (Wildman–Crippen MR) is 99.8 cm³/mol. The Morgan fingerprint density at radius 1 is 1.15 bits per heavy atom. The number of fused-ring (bicyclic) bond motifs is 2. The lowest BCUT2D eigenvalue weighted by molar-refractivity contribution is -0.130. The van der Waals surface area contributed by atoms with E-state index in [0.29, 0.717) is 18.0 Å². The highest BCUT2D eigenvalue weighted by molar-refractivity contribution is 5.81. The maximum Gasteiger partial charge on any atom is 0.231 e. The summed E-state index contributed by atoms with van der Waals surface area (Å²) in [5.41, 5.74) is 2.87. The van der Waals surface area contributed by atoms with Gasteiger partial charge in [0.05, 0.1) is 12.5 Å². The Hall–Kier alpha value is -3.28. The van der Waals surface area contributed by atoms with Crippen molar-refractivity contribution >= 4 is 17.9 Å². The predicted octanol–water partition coefficient (Wildman–Crippen LogP) is 3.00. The molecule has 27 heavy (non-hydrogen) atoms. The average molecular weight is 364 g/mol. The van der Waals surface area contributed by atoms with Crippen molar-refractivity contribution < 1.29 is 19.1 Å². The summed E-state index contributed by atoms with van der Waals surface area (Å²) in [6.45, 7) is 2.04. The van der Waals surface area contributed by atoms with Gasteiger partial charge in [0.1, 0.15) is 0 Å². The number of carbonyl (C=O) groups excluding carboxylic acids is 2. The van der Waals surface area contributed by atoms with Crippen LogP contribution in [0.2, 0.25) is 0 Å². The van der Waals surface area contributed by atoms with Gasteiger partial charge in [-0.25, -0.2) is 0 Å². The second kappa shape index (κ2) is 7.15. The molecule has 2 amide bonds. The topological polar surface area (TPSA) is 67.9 Å². The van der Waals surface area contributed by atoms with Crippen LogP contribution in [0.25, 0.3) is 6.08 Å². The maximum atomic E-state index is 12.6. The number of carbonyl (C=O) groups is 2. The van der Waals surface area contributed by atoms with Crippen molar-refractivity contribution in [1.29, 1.82) is 0 Å². The van der Waals surface area contributed by atoms with Crippen LogP contribution in [0.1, 0.15) is 36.1 Å². The fraction of sp³-hybridized carbons (Fsp3) is 0.238. The van der Waals surface area contributed by atoms with Gasteiger partial charge in [0, 0.05) is 25.2 Å². The second-order valence-corrected chi connectivity index (χ2v) is 6.52. The summed E-state index contributed by atoms with van der Waals surface area (Å²) in [6, 6.07) is 13.1. The zero-order valence-corrected chi connectivity index (χ0v) is 15.0. The molecule has 0 saturated heterocycles. The first-order valence-electron chi connectivity index (χ1n) is 8.83. The molecule has 2 aliphatic rings. The molecule has 2 heterocycles. The van der Waals surface area contributed by atoms with Crippen molar-refractivity contribution in [3.05, 3.63) is 65.4 Å². The summed E-state index contributed by atoms with van der Waals surface area (Å²) in [7, 11) is 0. The number of benzene rings is 2. The Labute approximate surface area is 157 Å². The molecule has 138 valence electrons. The Morgan fingerprint density at radius 3 is 2.85 bits per heavy atom. The zero-order valence-electron chi connectivity index (χ0n) is 15.0. The van der Waals surface area contributed by atoms with E-state index in [4.69, 9.17) is 9.47 Å². The first-order chi connectivity index (χ1) is 13.1. The van der Waals surface area contributed by atoms with Crippen LogP contribution >= 0.6 is 0 Å². The normalized spacial score (nSPS) is 16.8. The smallest absolute Gasteiger partial charge is 0.231 e. The third kappa shape index (κ3) is 3.38. The summed E-state index contributed by atoms with van der Waals surface area (Å²) in [6.07, 6.45) is 3.83. The van der Waals surface area contributed by atoms with Crippen LogP contribution < -0.4 is 14.8 Å². The lowest BCUT2D eigenvalue weighted by Gasteiger charge is -2.32.